The van der Waals surface area contributed by atoms with E-state index in [1.807, 2.05) is 24.3 Å². The number of halogens is 1. The highest BCUT2D eigenvalue weighted by Crippen LogP contribution is 2.52. The van der Waals surface area contributed by atoms with Crippen molar-refractivity contribution >= 4 is 56.5 Å². The van der Waals surface area contributed by atoms with Crippen LogP contribution in [0.4, 0.5) is 21.5 Å². The van der Waals surface area contributed by atoms with Gasteiger partial charge in [0.2, 0.25) is 17.6 Å². The molecule has 6 rings (SSSR count). The summed E-state index contributed by atoms with van der Waals surface area (Å²) in [5.41, 5.74) is 7.23. The molecule has 2 N–H and O–H groups in total. The predicted octanol–water partition coefficient (Wildman–Crippen LogP) is 5.40. The molecule has 1 unspecified atom stereocenters. The first-order chi connectivity index (χ1) is 18.7. The zero-order chi connectivity index (χ0) is 27.6. The molecule has 1 amide bonds. The normalized spacial score (nSPS) is 16.6. The van der Waals surface area contributed by atoms with Crippen LogP contribution in [0, 0.1) is 5.82 Å². The molecule has 1 aliphatic heterocycles. The molecule has 39 heavy (non-hydrogen) atoms. The van der Waals surface area contributed by atoms with E-state index in [0.717, 1.165) is 5.39 Å². The van der Waals surface area contributed by atoms with Gasteiger partial charge in [-0.25, -0.2) is 4.39 Å². The number of anilines is 3. The molecule has 5 aromatic rings. The first-order valence-corrected chi connectivity index (χ1v) is 12.2. The Morgan fingerprint density at radius 3 is 2.41 bits per heavy atom. The Labute approximate surface area is 222 Å². The fourth-order valence-corrected chi connectivity index (χ4v) is 5.56. The Kier molecular flexibility index (Phi) is 5.29. The summed E-state index contributed by atoms with van der Waals surface area (Å²) in [7, 11) is 1.45. The van der Waals surface area contributed by atoms with Crippen molar-refractivity contribution in [1.82, 2.24) is 9.55 Å². The summed E-state index contributed by atoms with van der Waals surface area (Å²) in [5.74, 6) is -1.46. The predicted molar refractivity (Wildman–Crippen MR) is 146 cm³/mol. The van der Waals surface area contributed by atoms with Gasteiger partial charge in [0.05, 0.1) is 35.7 Å². The van der Waals surface area contributed by atoms with E-state index < -0.39 is 22.9 Å². The van der Waals surface area contributed by atoms with E-state index in [-0.39, 0.29) is 22.9 Å². The van der Waals surface area contributed by atoms with Crippen molar-refractivity contribution in [2.24, 2.45) is 0 Å². The molecule has 1 atom stereocenters. The number of nitrogens with zero attached hydrogens (tertiary/aromatic N) is 3. The zero-order valence-electron chi connectivity index (χ0n) is 21.4. The number of amides is 1. The Bertz CT molecular complexity index is 1860. The van der Waals surface area contributed by atoms with Crippen LogP contribution in [0.15, 0.2) is 72.9 Å². The first-order valence-electron chi connectivity index (χ1n) is 12.2. The molecule has 2 aromatic heterocycles. The number of pyridine rings is 1. The van der Waals surface area contributed by atoms with Crippen LogP contribution < -0.4 is 15.4 Å². The number of methoxy groups -OCH3 is 1. The molecule has 194 valence electrons. The number of hydrogen-bond donors (Lipinski definition) is 1. The topological polar surface area (TPSA) is 108 Å². The summed E-state index contributed by atoms with van der Waals surface area (Å²) >= 11 is 0. The molecule has 8 nitrogen and oxygen atoms in total. The van der Waals surface area contributed by atoms with Crippen molar-refractivity contribution in [3.8, 4) is 5.75 Å². The highest BCUT2D eigenvalue weighted by Gasteiger charge is 2.55. The average Bonchev–Trinajstić information content (AvgIpc) is 3.39. The molecule has 0 aliphatic carbocycles. The summed E-state index contributed by atoms with van der Waals surface area (Å²) in [5, 5.41) is 1.43. The van der Waals surface area contributed by atoms with Gasteiger partial charge in [-0.1, -0.05) is 18.2 Å². The fourth-order valence-electron chi connectivity index (χ4n) is 5.56. The van der Waals surface area contributed by atoms with E-state index in [9.17, 15) is 18.8 Å². The van der Waals surface area contributed by atoms with Crippen molar-refractivity contribution < 1.29 is 23.5 Å². The standard InChI is InChI=1S/C30H23FN4O4/c1-16(36)34-22-7-5-4-6-19(22)20-14-21(33-15-24(20)34)28(37)30(2)26-23(12-13-25(39-3)27(26)32)35(29(30)38)18-10-8-17(31)9-11-18/h4-15H,32H2,1-3H3. The molecule has 9 heteroatoms. The van der Waals surface area contributed by atoms with Crippen molar-refractivity contribution in [3.63, 3.8) is 0 Å². The van der Waals surface area contributed by atoms with Crippen LogP contribution in [-0.2, 0) is 10.2 Å². The number of aromatic nitrogens is 2. The number of nitrogen functional groups attached to an aromatic ring is 1. The smallest absolute Gasteiger partial charge is 0.250 e. The highest BCUT2D eigenvalue weighted by atomic mass is 19.1. The molecule has 0 fully saturated rings. The van der Waals surface area contributed by atoms with Crippen molar-refractivity contribution in [3.05, 3.63) is 90.0 Å². The lowest BCUT2D eigenvalue weighted by molar-refractivity contribution is -0.120. The van der Waals surface area contributed by atoms with Crippen molar-refractivity contribution in [2.75, 3.05) is 17.7 Å². The van der Waals surface area contributed by atoms with E-state index in [1.165, 1.54) is 56.3 Å². The molecule has 0 bridgehead atoms. The highest BCUT2D eigenvalue weighted by molar-refractivity contribution is 6.29. The van der Waals surface area contributed by atoms with E-state index in [2.05, 4.69) is 4.98 Å². The first kappa shape index (κ1) is 24.3. The Morgan fingerprint density at radius 1 is 1.00 bits per heavy atom. The second-order valence-corrected chi connectivity index (χ2v) is 9.60. The molecule has 0 saturated heterocycles. The Morgan fingerprint density at radius 2 is 1.72 bits per heavy atom. The molecule has 3 aromatic carbocycles. The van der Waals surface area contributed by atoms with Gasteiger partial charge in [-0.05, 0) is 55.5 Å². The van der Waals surface area contributed by atoms with Gasteiger partial charge >= 0.3 is 0 Å². The van der Waals surface area contributed by atoms with E-state index in [1.54, 1.807) is 22.8 Å². The van der Waals surface area contributed by atoms with E-state index in [0.29, 0.717) is 33.5 Å². The van der Waals surface area contributed by atoms with Gasteiger partial charge in [-0.15, -0.1) is 0 Å². The number of nitrogens with two attached hydrogens (primary N) is 1. The maximum absolute atomic E-state index is 14.3. The lowest BCUT2D eigenvalue weighted by Gasteiger charge is -2.23. The van der Waals surface area contributed by atoms with Crippen LogP contribution in [0.25, 0.3) is 21.8 Å². The number of ether oxygens (including phenoxy) is 1. The fraction of sp³-hybridized carbons (Fsp3) is 0.133. The summed E-state index contributed by atoms with van der Waals surface area (Å²) in [4.78, 5) is 46.7. The van der Waals surface area contributed by atoms with Crippen molar-refractivity contribution in [2.45, 2.75) is 19.3 Å². The van der Waals surface area contributed by atoms with Crippen LogP contribution in [0.1, 0.15) is 34.7 Å². The number of fused-ring (bicyclic) bond motifs is 4. The second kappa shape index (κ2) is 8.49. The lowest BCUT2D eigenvalue weighted by atomic mass is 9.77. The van der Waals surface area contributed by atoms with Crippen molar-refractivity contribution in [1.29, 1.82) is 0 Å². The third kappa shape index (κ3) is 3.29. The summed E-state index contributed by atoms with van der Waals surface area (Å²) in [6, 6.07) is 17.7. The van der Waals surface area contributed by atoms with Gasteiger partial charge < -0.3 is 10.5 Å². The van der Waals surface area contributed by atoms with Crippen LogP contribution in [0.3, 0.4) is 0 Å². The van der Waals surface area contributed by atoms with E-state index in [4.69, 9.17) is 10.5 Å². The monoisotopic (exact) mass is 522 g/mol. The van der Waals surface area contributed by atoms with Gasteiger partial charge in [0, 0.05) is 28.9 Å². The van der Waals surface area contributed by atoms with Gasteiger partial charge in [0.15, 0.2) is 0 Å². The number of ketones is 1. The van der Waals surface area contributed by atoms with Crippen LogP contribution in [0.2, 0.25) is 0 Å². The largest absolute Gasteiger partial charge is 0.495 e. The minimum atomic E-state index is -1.76. The van der Waals surface area contributed by atoms with E-state index >= 15 is 0 Å². The average molecular weight is 523 g/mol. The maximum Gasteiger partial charge on any atom is 0.250 e. The zero-order valence-corrected chi connectivity index (χ0v) is 21.4. The van der Waals surface area contributed by atoms with Crippen LogP contribution in [-0.4, -0.2) is 34.3 Å². The molecular formula is C30H23FN4O4. The quantitative estimate of drug-likeness (QED) is 0.192. The molecule has 0 radical (unpaired) electrons. The molecular weight excluding hydrogens is 499 g/mol. The summed E-state index contributed by atoms with van der Waals surface area (Å²) in [6.07, 6.45) is 1.47. The number of carbonyl (C=O) groups excluding carboxylic acids is 3. The SMILES string of the molecule is COc1ccc2c(c1N)C(C)(C(=O)c1cc3c4ccccc4n(C(C)=O)c3cn1)C(=O)N2c1ccc(F)cc1. The summed E-state index contributed by atoms with van der Waals surface area (Å²) in [6.45, 7) is 2.97. The van der Waals surface area contributed by atoms with Gasteiger partial charge in [0.25, 0.3) is 0 Å². The van der Waals surface area contributed by atoms with Crippen LogP contribution in [0.5, 0.6) is 5.75 Å². The molecule has 1 aliphatic rings. The third-order valence-corrected chi connectivity index (χ3v) is 7.42. The van der Waals surface area contributed by atoms with Gasteiger partial charge in [0.1, 0.15) is 22.7 Å². The van der Waals surface area contributed by atoms with Gasteiger partial charge in [-0.2, -0.15) is 0 Å². The summed E-state index contributed by atoms with van der Waals surface area (Å²) < 4.78 is 20.6. The second-order valence-electron chi connectivity index (χ2n) is 9.60. The number of rotatable bonds is 4. The number of hydrogen-bond acceptors (Lipinski definition) is 6. The maximum atomic E-state index is 14.3. The lowest BCUT2D eigenvalue weighted by Crippen LogP contribution is -2.43. The number of carbonyl (C=O) groups is 3. The minimum Gasteiger partial charge on any atom is -0.495 e. The third-order valence-electron chi connectivity index (χ3n) is 7.42. The Hall–Kier alpha value is -5.05. The molecule has 3 heterocycles. The minimum absolute atomic E-state index is 0.0407. The molecule has 0 saturated carbocycles. The number of para-hydroxylation sites is 1. The van der Waals surface area contributed by atoms with Crippen LogP contribution >= 0.6 is 0 Å². The van der Waals surface area contributed by atoms with Gasteiger partial charge in [-0.3, -0.25) is 28.8 Å². The number of Topliss-reactive ketones (excluding diaryl/α,β-unsaturated/α-hetero) is 1. The number of benzene rings is 3. The molecule has 0 spiro atoms. The Balaban J connectivity index is 1.57.